The number of hydrogen-bond acceptors (Lipinski definition) is 2. The fourth-order valence-corrected chi connectivity index (χ4v) is 8.98. The van der Waals surface area contributed by atoms with E-state index in [1.165, 1.54) is 5.56 Å². The van der Waals surface area contributed by atoms with Gasteiger partial charge in [-0.05, 0) is 84.6 Å². The first-order valence-corrected chi connectivity index (χ1v) is 22.1. The number of para-hydroxylation sites is 3. The van der Waals surface area contributed by atoms with E-state index in [9.17, 15) is 0 Å². The summed E-state index contributed by atoms with van der Waals surface area (Å²) in [6.45, 7) is 13.2. The van der Waals surface area contributed by atoms with Crippen LogP contribution in [0.3, 0.4) is 0 Å². The van der Waals surface area contributed by atoms with Crippen molar-refractivity contribution in [3.05, 3.63) is 231 Å². The molecule has 0 aliphatic rings. The van der Waals surface area contributed by atoms with Crippen LogP contribution in [0.2, 0.25) is 0 Å². The number of nitrogens with zero attached hydrogens (tertiary/aromatic N) is 4. The fraction of sp³-hybridized carbons (Fsp3) is 0.127. The third kappa shape index (κ3) is 8.62. The maximum Gasteiger partial charge on any atom is 4.00 e. The van der Waals surface area contributed by atoms with Gasteiger partial charge in [0, 0.05) is 23.2 Å². The topological polar surface area (TPSA) is 35.9 Å². The quantitative estimate of drug-likeness (QED) is 0.112. The molecule has 0 saturated carbocycles. The van der Waals surface area contributed by atoms with Crippen molar-refractivity contribution in [1.29, 1.82) is 0 Å². The van der Waals surface area contributed by atoms with Gasteiger partial charge in [-0.15, -0.1) is 29.7 Å². The van der Waals surface area contributed by atoms with Gasteiger partial charge in [-0.3, -0.25) is 4.57 Å². The van der Waals surface area contributed by atoms with Gasteiger partial charge in [0.1, 0.15) is 5.82 Å². The van der Waals surface area contributed by atoms with Gasteiger partial charge in [-0.1, -0.05) is 186 Å². The fourth-order valence-electron chi connectivity index (χ4n) is 8.98. The molecule has 3 aromatic heterocycles. The Morgan fingerprint density at radius 1 is 0.594 bits per heavy atom. The summed E-state index contributed by atoms with van der Waals surface area (Å²) in [5, 5.41) is 2.03. The van der Waals surface area contributed by atoms with Crippen LogP contribution in [-0.4, -0.2) is 14.1 Å². The smallest absolute Gasteiger partial charge is 0.510 e. The van der Waals surface area contributed by atoms with E-state index >= 15 is 0 Å². The molecule has 340 valence electrons. The molecule has 6 heteroatoms. The molecule has 0 aliphatic heterocycles. The summed E-state index contributed by atoms with van der Waals surface area (Å²) in [7, 11) is 0. The van der Waals surface area contributed by atoms with Gasteiger partial charge in [0.25, 0.3) is 6.33 Å². The molecule has 0 radical (unpaired) electrons. The molecule has 0 bridgehead atoms. The largest absolute Gasteiger partial charge is 4.00 e. The molecule has 0 amide bonds. The number of imidazole rings is 1. The molecule has 11 aromatic rings. The standard InChI is InChI=1S/C62H50N4O.CH3.Pt/c1-61(2,3)44-36-37-63-58(38-44)66-56-33-19-29-51(50-26-13-14-30-53(50)62(4,5)6)59(56)52-35-34-47(40-57(52)66)67-46-25-17-24-45(39-46)64-41-65(55-32-16-15-31-54(55)64)60-48(42-20-9-7-10-21-42)27-18-28-49(60)43-22-11-8-12-23-43;;/h7-38H,1-6H3;1H3;/q-2;-1;+4/i7D,8D,9D,10D,11D,12D,20D,21D,22D,23D;;. The van der Waals surface area contributed by atoms with Gasteiger partial charge in [0.15, 0.2) is 0 Å². The van der Waals surface area contributed by atoms with E-state index in [-0.39, 0.29) is 67.3 Å². The van der Waals surface area contributed by atoms with Gasteiger partial charge >= 0.3 is 21.1 Å². The second-order valence-corrected chi connectivity index (χ2v) is 18.5. The van der Waals surface area contributed by atoms with Crippen LogP contribution in [0, 0.1) is 25.9 Å². The first-order chi connectivity index (χ1) is 36.6. The molecule has 11 rings (SSSR count). The Morgan fingerprint density at radius 3 is 1.91 bits per heavy atom. The molecular formula is C63H53N4OPt+. The van der Waals surface area contributed by atoms with Crippen LogP contribution in [0.25, 0.3) is 83.4 Å². The molecule has 0 spiro atoms. The predicted octanol–water partition coefficient (Wildman–Crippen LogP) is 15.6. The van der Waals surface area contributed by atoms with E-state index in [2.05, 4.69) is 125 Å². The Hall–Kier alpha value is -7.33. The summed E-state index contributed by atoms with van der Waals surface area (Å²) in [4.78, 5) is 4.95. The van der Waals surface area contributed by atoms with Crippen molar-refractivity contribution in [2.75, 3.05) is 0 Å². The first kappa shape index (κ1) is 35.8. The molecule has 0 atom stereocenters. The van der Waals surface area contributed by atoms with Crippen molar-refractivity contribution in [3.63, 3.8) is 0 Å². The van der Waals surface area contributed by atoms with Crippen LogP contribution < -0.4 is 9.30 Å². The Bertz CT molecular complexity index is 4110. The van der Waals surface area contributed by atoms with E-state index in [0.717, 1.165) is 44.3 Å². The molecule has 0 unspecified atom stereocenters. The second-order valence-electron chi connectivity index (χ2n) is 18.5. The number of aromatic nitrogens is 4. The maximum atomic E-state index is 9.06. The second kappa shape index (κ2) is 18.6. The first-order valence-electron chi connectivity index (χ1n) is 27.1. The van der Waals surface area contributed by atoms with Gasteiger partial charge in [0.2, 0.25) is 0 Å². The van der Waals surface area contributed by atoms with Crippen molar-refractivity contribution >= 4 is 32.8 Å². The molecule has 0 aliphatic carbocycles. The molecule has 0 saturated heterocycles. The zero-order chi connectivity index (χ0) is 54.6. The minimum Gasteiger partial charge on any atom is -0.510 e. The van der Waals surface area contributed by atoms with E-state index in [0.29, 0.717) is 28.2 Å². The van der Waals surface area contributed by atoms with E-state index < -0.39 is 60.4 Å². The summed E-state index contributed by atoms with van der Waals surface area (Å²) in [5.41, 5.74) is 7.85. The molecule has 5 nitrogen and oxygen atoms in total. The average molecular weight is 1090 g/mol. The molecule has 8 aromatic carbocycles. The number of fused-ring (bicyclic) bond motifs is 4. The van der Waals surface area contributed by atoms with Crippen LogP contribution >= 0.6 is 0 Å². The molecule has 69 heavy (non-hydrogen) atoms. The van der Waals surface area contributed by atoms with Gasteiger partial charge < -0.3 is 21.3 Å². The van der Waals surface area contributed by atoms with Crippen molar-refractivity contribution in [1.82, 2.24) is 14.1 Å². The van der Waals surface area contributed by atoms with Gasteiger partial charge in [0.05, 0.1) is 30.4 Å². The molecular weight excluding hydrogens is 1020 g/mol. The number of rotatable bonds is 8. The molecule has 0 N–H and O–H groups in total. The monoisotopic (exact) mass is 1090 g/mol. The minimum absolute atomic E-state index is 0. The summed E-state index contributed by atoms with van der Waals surface area (Å²) in [6, 6.07) is 42.4. The van der Waals surface area contributed by atoms with Crippen LogP contribution in [0.4, 0.5) is 0 Å². The normalized spacial score (nSPS) is 13.7. The van der Waals surface area contributed by atoms with Crippen molar-refractivity contribution < 1.29 is 44.1 Å². The number of benzene rings is 8. The number of pyridine rings is 1. The van der Waals surface area contributed by atoms with Crippen LogP contribution in [0.15, 0.2) is 194 Å². The van der Waals surface area contributed by atoms with Crippen LogP contribution in [0.5, 0.6) is 11.5 Å². The third-order valence-corrected chi connectivity index (χ3v) is 12.1. The van der Waals surface area contributed by atoms with Crippen LogP contribution in [-0.2, 0) is 31.9 Å². The van der Waals surface area contributed by atoms with Crippen molar-refractivity contribution in [2.24, 2.45) is 0 Å². The van der Waals surface area contributed by atoms with Gasteiger partial charge in [-0.2, -0.15) is 18.2 Å². The zero-order valence-electron chi connectivity index (χ0n) is 49.2. The predicted molar refractivity (Wildman–Crippen MR) is 280 cm³/mol. The SMILES string of the molecule is [2H]c1c([2H])c([2H])c(-c2cccc(-c3c([2H])c([2H])c([2H])c([2H])c3[2H])c2-[n+]2[c-]n(-c3[c-]c(Oc4[c-]c5c(cc4)c4c(-c6ccccc6C(C)(C)C)cccc4n5-c4cc(C(C)(C)C)ccn4)ccc3)c3ccccc32)c([2H])c1[2H].[CH3-].[Pt+4]. The minimum atomic E-state index is -0.574. The number of hydrogen-bond donors (Lipinski definition) is 0. The van der Waals surface area contributed by atoms with Gasteiger partial charge in [-0.25, -0.2) is 4.98 Å². The molecule has 3 heterocycles. The van der Waals surface area contributed by atoms with E-state index in [1.54, 1.807) is 33.4 Å². The van der Waals surface area contributed by atoms with E-state index in [1.807, 2.05) is 48.7 Å². The maximum absolute atomic E-state index is 9.06. The Morgan fingerprint density at radius 2 is 1.20 bits per heavy atom. The Balaban J connectivity index is 0.00000378. The third-order valence-electron chi connectivity index (χ3n) is 12.1. The van der Waals surface area contributed by atoms with E-state index in [4.69, 9.17) is 23.4 Å². The summed E-state index contributed by atoms with van der Waals surface area (Å²) < 4.78 is 99.6. The summed E-state index contributed by atoms with van der Waals surface area (Å²) >= 11 is 0. The number of ether oxygens (including phenoxy) is 1. The van der Waals surface area contributed by atoms with Crippen LogP contribution in [0.1, 0.15) is 66.4 Å². The Labute approximate surface area is 434 Å². The Kier molecular flexibility index (Phi) is 9.66. The average Bonchev–Trinajstić information content (AvgIpc) is 4.03. The molecule has 0 fully saturated rings. The van der Waals surface area contributed by atoms with Crippen molar-refractivity contribution in [3.8, 4) is 62.1 Å². The van der Waals surface area contributed by atoms with Crippen molar-refractivity contribution in [2.45, 2.75) is 52.4 Å². The summed E-state index contributed by atoms with van der Waals surface area (Å²) in [5.74, 6) is 1.52. The zero-order valence-corrected chi connectivity index (χ0v) is 41.5. The summed E-state index contributed by atoms with van der Waals surface area (Å²) in [6.07, 6.45) is 5.28.